The lowest BCUT2D eigenvalue weighted by Crippen LogP contribution is -2.61. The van der Waals surface area contributed by atoms with Crippen molar-refractivity contribution < 1.29 is 14.3 Å². The molecule has 3 aliphatic rings. The molecule has 3 rings (SSSR count). The molecular formula is C20H36N4O3. The van der Waals surface area contributed by atoms with E-state index in [9.17, 15) is 9.59 Å². The number of hydrogen-bond donors (Lipinski definition) is 1. The first kappa shape index (κ1) is 20.6. The second-order valence-electron chi connectivity index (χ2n) is 8.01. The van der Waals surface area contributed by atoms with Crippen molar-refractivity contribution in [3.8, 4) is 0 Å². The highest BCUT2D eigenvalue weighted by Gasteiger charge is 2.38. The Morgan fingerprint density at radius 3 is 2.59 bits per heavy atom. The number of hydrogen-bond acceptors (Lipinski definition) is 5. The molecule has 7 nitrogen and oxygen atoms in total. The first-order valence-corrected chi connectivity index (χ1v) is 10.8. The second-order valence-corrected chi connectivity index (χ2v) is 8.01. The number of amides is 2. The average molecular weight is 381 g/mol. The van der Waals surface area contributed by atoms with E-state index in [1.807, 2.05) is 9.80 Å². The Hall–Kier alpha value is -1.18. The van der Waals surface area contributed by atoms with Crippen LogP contribution in [0.3, 0.4) is 0 Å². The zero-order chi connectivity index (χ0) is 19.2. The molecule has 0 aromatic carbocycles. The van der Waals surface area contributed by atoms with Gasteiger partial charge in [-0.2, -0.15) is 0 Å². The monoisotopic (exact) mass is 380 g/mol. The summed E-state index contributed by atoms with van der Waals surface area (Å²) >= 11 is 0. The van der Waals surface area contributed by atoms with Crippen molar-refractivity contribution in [3.63, 3.8) is 0 Å². The molecule has 0 aliphatic carbocycles. The molecule has 7 heteroatoms. The van der Waals surface area contributed by atoms with Crippen molar-refractivity contribution in [2.45, 2.75) is 51.6 Å². The summed E-state index contributed by atoms with van der Waals surface area (Å²) in [7, 11) is 0. The van der Waals surface area contributed by atoms with Gasteiger partial charge in [-0.15, -0.1) is 0 Å². The van der Waals surface area contributed by atoms with Crippen LogP contribution in [0.2, 0.25) is 0 Å². The van der Waals surface area contributed by atoms with E-state index in [4.69, 9.17) is 4.74 Å². The maximum atomic E-state index is 13.6. The van der Waals surface area contributed by atoms with Crippen LogP contribution in [0.25, 0.3) is 0 Å². The average Bonchev–Trinajstić information content (AvgIpc) is 2.72. The van der Waals surface area contributed by atoms with Crippen molar-refractivity contribution in [3.05, 3.63) is 0 Å². The quantitative estimate of drug-likeness (QED) is 0.729. The van der Waals surface area contributed by atoms with Gasteiger partial charge in [-0.05, 0) is 18.8 Å². The zero-order valence-electron chi connectivity index (χ0n) is 17.0. The summed E-state index contributed by atoms with van der Waals surface area (Å²) < 4.78 is 5.51. The van der Waals surface area contributed by atoms with Crippen LogP contribution in [0.4, 0.5) is 0 Å². The Balaban J connectivity index is 1.71. The van der Waals surface area contributed by atoms with E-state index >= 15 is 0 Å². The predicted molar refractivity (Wildman–Crippen MR) is 104 cm³/mol. The van der Waals surface area contributed by atoms with Gasteiger partial charge in [0.15, 0.2) is 0 Å². The molecule has 3 aliphatic heterocycles. The maximum absolute atomic E-state index is 13.6. The van der Waals surface area contributed by atoms with E-state index in [0.717, 1.165) is 58.4 Å². The Bertz CT molecular complexity index is 505. The Morgan fingerprint density at radius 1 is 1.19 bits per heavy atom. The molecule has 3 fully saturated rings. The summed E-state index contributed by atoms with van der Waals surface area (Å²) in [5, 5.41) is 3.14. The minimum Gasteiger partial charge on any atom is -0.379 e. The lowest BCUT2D eigenvalue weighted by molar-refractivity contribution is -0.146. The molecule has 0 aromatic heterocycles. The van der Waals surface area contributed by atoms with Gasteiger partial charge >= 0.3 is 0 Å². The fourth-order valence-corrected chi connectivity index (χ4v) is 4.85. The van der Waals surface area contributed by atoms with Crippen LogP contribution in [0, 0.1) is 5.92 Å². The third-order valence-corrected chi connectivity index (χ3v) is 6.46. The molecule has 0 saturated carbocycles. The number of piperazine rings is 1. The van der Waals surface area contributed by atoms with Crippen molar-refractivity contribution in [2.75, 3.05) is 59.0 Å². The van der Waals surface area contributed by atoms with Crippen LogP contribution in [0.5, 0.6) is 0 Å². The molecule has 3 heterocycles. The van der Waals surface area contributed by atoms with Gasteiger partial charge < -0.3 is 19.9 Å². The third kappa shape index (κ3) is 4.81. The number of nitrogens with one attached hydrogen (secondary N) is 1. The van der Waals surface area contributed by atoms with Crippen molar-refractivity contribution in [1.82, 2.24) is 20.0 Å². The highest BCUT2D eigenvalue weighted by atomic mass is 16.5. The topological polar surface area (TPSA) is 65.1 Å². The van der Waals surface area contributed by atoms with Crippen molar-refractivity contribution >= 4 is 11.8 Å². The fourth-order valence-electron chi connectivity index (χ4n) is 4.85. The molecule has 0 aromatic rings. The summed E-state index contributed by atoms with van der Waals surface area (Å²) in [6.07, 6.45) is 4.00. The lowest BCUT2D eigenvalue weighted by Gasteiger charge is -2.44. The van der Waals surface area contributed by atoms with Gasteiger partial charge in [0.2, 0.25) is 11.8 Å². The number of morpholine rings is 1. The smallest absolute Gasteiger partial charge is 0.240 e. The third-order valence-electron chi connectivity index (χ3n) is 6.46. The SMILES string of the molecule is CCC(CC)C(C(=O)N1CCCC(N2CCNCC2=O)C1)N1CCOCC1. The van der Waals surface area contributed by atoms with Crippen LogP contribution in [0.15, 0.2) is 0 Å². The number of likely N-dealkylation sites (tertiary alicyclic amines) is 1. The van der Waals surface area contributed by atoms with E-state index in [1.54, 1.807) is 0 Å². The predicted octanol–water partition coefficient (Wildman–Crippen LogP) is 0.546. The molecular weight excluding hydrogens is 344 g/mol. The van der Waals surface area contributed by atoms with E-state index in [0.29, 0.717) is 32.2 Å². The van der Waals surface area contributed by atoms with Gasteiger partial charge in [-0.3, -0.25) is 14.5 Å². The molecule has 0 spiro atoms. The lowest BCUT2D eigenvalue weighted by atomic mass is 9.90. The van der Waals surface area contributed by atoms with Crippen molar-refractivity contribution in [1.29, 1.82) is 0 Å². The van der Waals surface area contributed by atoms with Crippen LogP contribution >= 0.6 is 0 Å². The number of rotatable bonds is 6. The van der Waals surface area contributed by atoms with Crippen LogP contribution < -0.4 is 5.32 Å². The van der Waals surface area contributed by atoms with Crippen LogP contribution in [-0.4, -0.2) is 97.6 Å². The molecule has 2 atom stereocenters. The second kappa shape index (κ2) is 9.85. The van der Waals surface area contributed by atoms with E-state index in [1.165, 1.54) is 0 Å². The molecule has 1 N–H and O–H groups in total. The summed E-state index contributed by atoms with van der Waals surface area (Å²) in [6, 6.07) is 0.116. The van der Waals surface area contributed by atoms with Gasteiger partial charge in [0.05, 0.1) is 25.8 Å². The van der Waals surface area contributed by atoms with Gasteiger partial charge in [0.1, 0.15) is 0 Å². The van der Waals surface area contributed by atoms with Gasteiger partial charge in [-0.25, -0.2) is 0 Å². The molecule has 2 amide bonds. The Labute approximate surface area is 163 Å². The van der Waals surface area contributed by atoms with Gasteiger partial charge in [0.25, 0.3) is 0 Å². The standard InChI is InChI=1S/C20H36N4O3/c1-3-16(4-2)19(22-10-12-27-13-11-22)20(26)23-8-5-6-17(15-23)24-9-7-21-14-18(24)25/h16-17,19,21H,3-15H2,1-2H3. The van der Waals surface area contributed by atoms with E-state index in [-0.39, 0.29) is 23.9 Å². The molecule has 0 radical (unpaired) electrons. The first-order chi connectivity index (χ1) is 13.2. The Kier molecular flexibility index (Phi) is 7.49. The first-order valence-electron chi connectivity index (χ1n) is 10.8. The highest BCUT2D eigenvalue weighted by Crippen LogP contribution is 2.25. The van der Waals surface area contributed by atoms with Crippen LogP contribution in [0.1, 0.15) is 39.5 Å². The summed E-state index contributed by atoms with van der Waals surface area (Å²) in [4.78, 5) is 32.3. The molecule has 0 bridgehead atoms. The summed E-state index contributed by atoms with van der Waals surface area (Å²) in [5.74, 6) is 0.806. The van der Waals surface area contributed by atoms with Gasteiger partial charge in [-0.1, -0.05) is 26.7 Å². The fraction of sp³-hybridized carbons (Fsp3) is 0.900. The van der Waals surface area contributed by atoms with Gasteiger partial charge in [0, 0.05) is 45.3 Å². The van der Waals surface area contributed by atoms with Crippen LogP contribution in [-0.2, 0) is 14.3 Å². The normalized spacial score (nSPS) is 26.5. The Morgan fingerprint density at radius 2 is 1.93 bits per heavy atom. The number of ether oxygens (including phenoxy) is 1. The number of carbonyl (C=O) groups excluding carboxylic acids is 2. The maximum Gasteiger partial charge on any atom is 0.240 e. The number of piperidine rings is 1. The number of carbonyl (C=O) groups is 2. The largest absolute Gasteiger partial charge is 0.379 e. The number of nitrogens with zero attached hydrogens (tertiary/aromatic N) is 3. The van der Waals surface area contributed by atoms with E-state index < -0.39 is 0 Å². The minimum absolute atomic E-state index is 0.0543. The zero-order valence-corrected chi connectivity index (χ0v) is 17.0. The van der Waals surface area contributed by atoms with E-state index in [2.05, 4.69) is 24.1 Å². The summed E-state index contributed by atoms with van der Waals surface area (Å²) in [6.45, 7) is 11.0. The molecule has 3 saturated heterocycles. The molecule has 2 unspecified atom stereocenters. The summed E-state index contributed by atoms with van der Waals surface area (Å²) in [5.41, 5.74) is 0. The molecule has 154 valence electrons. The molecule has 27 heavy (non-hydrogen) atoms. The van der Waals surface area contributed by atoms with Crippen molar-refractivity contribution in [2.24, 2.45) is 5.92 Å². The highest BCUT2D eigenvalue weighted by molar-refractivity contribution is 5.83. The minimum atomic E-state index is -0.0543.